The van der Waals surface area contributed by atoms with Gasteiger partial charge in [0.2, 0.25) is 5.91 Å². The molecule has 1 aliphatic rings. The van der Waals surface area contributed by atoms with Crippen molar-refractivity contribution in [2.75, 3.05) is 5.32 Å². The molecular formula is C35H26ClF3N10O2. The van der Waals surface area contributed by atoms with Crippen molar-refractivity contribution in [2.45, 2.75) is 38.4 Å². The van der Waals surface area contributed by atoms with Crippen LogP contribution in [0.15, 0.2) is 90.4 Å². The van der Waals surface area contributed by atoms with Gasteiger partial charge in [0.25, 0.3) is 5.56 Å². The highest BCUT2D eigenvalue weighted by Crippen LogP contribution is 2.34. The summed E-state index contributed by atoms with van der Waals surface area (Å²) in [5, 5.41) is 24.3. The smallest absolute Gasteiger partial charge is 0.323 e. The summed E-state index contributed by atoms with van der Waals surface area (Å²) in [6, 6.07) is 17.7. The van der Waals surface area contributed by atoms with Crippen LogP contribution in [0.25, 0.3) is 33.9 Å². The SMILES string of the molecule is C[C@@H]1CCC[C@H](n2cnc(-c3cc(Cl)ccc3-n3cc(C(F)(F)F)nn3)cc2=O)c2cc(ccn2)-c2nn(-c3cccc(C#N)c3)cc2NC1=O. The van der Waals surface area contributed by atoms with Gasteiger partial charge in [-0.25, -0.2) is 14.3 Å². The molecule has 0 aliphatic carbocycles. The fourth-order valence-electron chi connectivity index (χ4n) is 5.96. The van der Waals surface area contributed by atoms with E-state index in [4.69, 9.17) is 16.7 Å². The van der Waals surface area contributed by atoms with Crippen LogP contribution in [0, 0.1) is 17.2 Å². The predicted octanol–water partition coefficient (Wildman–Crippen LogP) is 6.63. The van der Waals surface area contributed by atoms with Crippen LogP contribution in [0.1, 0.15) is 49.2 Å². The summed E-state index contributed by atoms with van der Waals surface area (Å²) in [6.45, 7) is 1.83. The highest BCUT2D eigenvalue weighted by molar-refractivity contribution is 6.31. The minimum Gasteiger partial charge on any atom is -0.323 e. The number of fused-ring (bicyclic) bond motifs is 4. The van der Waals surface area contributed by atoms with E-state index in [-0.39, 0.29) is 33.8 Å². The molecule has 5 heterocycles. The Kier molecular flexibility index (Phi) is 8.69. The number of anilines is 1. The van der Waals surface area contributed by atoms with Crippen LogP contribution in [0.4, 0.5) is 18.9 Å². The van der Waals surface area contributed by atoms with E-state index in [9.17, 15) is 28.0 Å². The van der Waals surface area contributed by atoms with Crippen molar-refractivity contribution in [3.05, 3.63) is 118 Å². The lowest BCUT2D eigenvalue weighted by atomic mass is 9.97. The molecule has 0 saturated heterocycles. The van der Waals surface area contributed by atoms with Crippen LogP contribution in [-0.4, -0.2) is 45.2 Å². The van der Waals surface area contributed by atoms with Gasteiger partial charge in [-0.05, 0) is 61.4 Å². The van der Waals surface area contributed by atoms with E-state index in [0.29, 0.717) is 53.2 Å². The zero-order chi connectivity index (χ0) is 35.9. The van der Waals surface area contributed by atoms with Gasteiger partial charge in [0.05, 0.1) is 64.8 Å². The standard InChI is InChI=1S/C35H26ClF3N10O2/c1-20-4-2-7-30(27-13-22(10-11-41-27)33-28(43-34(20)51)17-48(45-33)24-6-3-5-21(12-24)16-40)47-19-42-26(15-32(47)50)25-14-23(36)8-9-29(25)49-18-31(44-46-49)35(37,38)39/h3,5-6,8-15,17-20,30H,2,4,7H2,1H3,(H,43,51)/t20-,30+/m1/s1. The molecule has 7 rings (SSSR count). The number of hydrogen-bond donors (Lipinski definition) is 1. The largest absolute Gasteiger partial charge is 0.436 e. The van der Waals surface area contributed by atoms with Gasteiger partial charge in [-0.2, -0.15) is 23.5 Å². The second-order valence-corrected chi connectivity index (χ2v) is 12.5. The van der Waals surface area contributed by atoms with Crippen LogP contribution >= 0.6 is 11.6 Å². The average Bonchev–Trinajstić information content (AvgIpc) is 3.79. The van der Waals surface area contributed by atoms with Gasteiger partial charge in [-0.15, -0.1) is 5.10 Å². The van der Waals surface area contributed by atoms with Crippen LogP contribution < -0.4 is 10.9 Å². The molecule has 1 amide bonds. The van der Waals surface area contributed by atoms with E-state index in [1.165, 1.54) is 35.2 Å². The molecule has 256 valence electrons. The van der Waals surface area contributed by atoms with Gasteiger partial charge in [0.15, 0.2) is 5.69 Å². The zero-order valence-electron chi connectivity index (χ0n) is 26.7. The number of pyridine rings is 1. The topological polar surface area (TPSA) is 149 Å². The number of amides is 1. The van der Waals surface area contributed by atoms with Crippen molar-refractivity contribution in [2.24, 2.45) is 5.92 Å². The molecule has 1 N–H and O–H groups in total. The molecule has 2 aromatic carbocycles. The Labute approximate surface area is 292 Å². The highest BCUT2D eigenvalue weighted by atomic mass is 35.5. The number of nitriles is 1. The molecule has 4 aromatic heterocycles. The molecule has 51 heavy (non-hydrogen) atoms. The Bertz CT molecular complexity index is 2390. The van der Waals surface area contributed by atoms with Gasteiger partial charge in [-0.3, -0.25) is 19.1 Å². The Morgan fingerprint density at radius 1 is 1.00 bits per heavy atom. The second kappa shape index (κ2) is 13.3. The molecular weight excluding hydrogens is 685 g/mol. The molecule has 0 saturated carbocycles. The van der Waals surface area contributed by atoms with Gasteiger partial charge in [-0.1, -0.05) is 36.2 Å². The Morgan fingerprint density at radius 2 is 1.84 bits per heavy atom. The molecule has 0 fully saturated rings. The van der Waals surface area contributed by atoms with Crippen LogP contribution in [0.3, 0.4) is 0 Å². The first-order valence-corrected chi connectivity index (χ1v) is 16.1. The summed E-state index contributed by atoms with van der Waals surface area (Å²) in [5.41, 5.74) is 2.21. The van der Waals surface area contributed by atoms with E-state index in [1.807, 2.05) is 13.0 Å². The van der Waals surface area contributed by atoms with Crippen LogP contribution in [-0.2, 0) is 11.0 Å². The molecule has 16 heteroatoms. The van der Waals surface area contributed by atoms with Crippen molar-refractivity contribution in [1.29, 1.82) is 5.26 Å². The maximum atomic E-state index is 13.9. The third-order valence-corrected chi connectivity index (χ3v) is 8.84. The third-order valence-electron chi connectivity index (χ3n) is 8.61. The molecule has 0 radical (unpaired) electrons. The molecule has 2 bridgehead atoms. The number of hydrogen-bond acceptors (Lipinski definition) is 8. The monoisotopic (exact) mass is 710 g/mol. The van der Waals surface area contributed by atoms with Gasteiger partial charge in [0, 0.05) is 34.3 Å². The van der Waals surface area contributed by atoms with E-state index in [1.54, 1.807) is 47.4 Å². The van der Waals surface area contributed by atoms with Crippen molar-refractivity contribution in [3.8, 4) is 40.0 Å². The molecule has 1 aliphatic heterocycles. The van der Waals surface area contributed by atoms with Gasteiger partial charge >= 0.3 is 6.18 Å². The molecule has 6 aromatic rings. The number of halogens is 4. The fraction of sp³-hybridized carbons (Fsp3) is 0.200. The summed E-state index contributed by atoms with van der Waals surface area (Å²) < 4.78 is 43.8. The van der Waals surface area contributed by atoms with Gasteiger partial charge in [0.1, 0.15) is 5.69 Å². The third kappa shape index (κ3) is 6.73. The number of alkyl halides is 3. The zero-order valence-corrected chi connectivity index (χ0v) is 27.5. The van der Waals surface area contributed by atoms with E-state index >= 15 is 0 Å². The average molecular weight is 711 g/mol. The number of carbonyl (C=O) groups is 1. The minimum atomic E-state index is -4.70. The number of carbonyl (C=O) groups excluding carboxylic acids is 1. The number of nitrogens with zero attached hydrogens (tertiary/aromatic N) is 9. The minimum absolute atomic E-state index is 0.161. The highest BCUT2D eigenvalue weighted by Gasteiger charge is 2.35. The second-order valence-electron chi connectivity index (χ2n) is 12.0. The predicted molar refractivity (Wildman–Crippen MR) is 180 cm³/mol. The summed E-state index contributed by atoms with van der Waals surface area (Å²) >= 11 is 6.27. The summed E-state index contributed by atoms with van der Waals surface area (Å²) in [4.78, 5) is 36.3. The number of aromatic nitrogens is 8. The van der Waals surface area contributed by atoms with Crippen LogP contribution in [0.2, 0.25) is 5.02 Å². The first-order chi connectivity index (χ1) is 24.5. The Hall–Kier alpha value is -6.14. The Balaban J connectivity index is 1.29. The van der Waals surface area contributed by atoms with Crippen molar-refractivity contribution < 1.29 is 18.0 Å². The first-order valence-electron chi connectivity index (χ1n) is 15.7. The maximum absolute atomic E-state index is 13.9. The van der Waals surface area contributed by atoms with E-state index in [2.05, 4.69) is 31.7 Å². The summed E-state index contributed by atoms with van der Waals surface area (Å²) in [7, 11) is 0. The summed E-state index contributed by atoms with van der Waals surface area (Å²) in [6.07, 6.45) is 2.24. The number of nitrogens with one attached hydrogen (secondary N) is 1. The molecule has 2 atom stereocenters. The van der Waals surface area contributed by atoms with Gasteiger partial charge < -0.3 is 5.32 Å². The molecule has 0 unspecified atom stereocenters. The van der Waals surface area contributed by atoms with Crippen molar-refractivity contribution >= 4 is 23.2 Å². The number of rotatable bonds is 4. The number of benzene rings is 2. The lowest BCUT2D eigenvalue weighted by Crippen LogP contribution is -2.27. The van der Waals surface area contributed by atoms with Crippen molar-refractivity contribution in [3.63, 3.8) is 0 Å². The lowest BCUT2D eigenvalue weighted by molar-refractivity contribution is -0.141. The van der Waals surface area contributed by atoms with Crippen LogP contribution in [0.5, 0.6) is 0 Å². The maximum Gasteiger partial charge on any atom is 0.436 e. The fourth-order valence-corrected chi connectivity index (χ4v) is 6.13. The Morgan fingerprint density at radius 3 is 2.61 bits per heavy atom. The molecule has 12 nitrogen and oxygen atoms in total. The first kappa shape index (κ1) is 33.4. The molecule has 0 spiro atoms. The quantitative estimate of drug-likeness (QED) is 0.214. The van der Waals surface area contributed by atoms with E-state index < -0.39 is 23.5 Å². The lowest BCUT2D eigenvalue weighted by Gasteiger charge is -2.22. The van der Waals surface area contributed by atoms with Crippen molar-refractivity contribution in [1.82, 2.24) is 39.3 Å². The summed E-state index contributed by atoms with van der Waals surface area (Å²) in [5.74, 6) is -0.564. The normalized spacial score (nSPS) is 16.4. The van der Waals surface area contributed by atoms with E-state index in [0.717, 1.165) is 10.9 Å².